The minimum Gasteiger partial charge on any atom is -0.245 e. The molecular formula is C13H8Br2F3N. The lowest BCUT2D eigenvalue weighted by Gasteiger charge is -2.08. The van der Waals surface area contributed by atoms with Gasteiger partial charge in [0.1, 0.15) is 4.60 Å². The van der Waals surface area contributed by atoms with Crippen molar-refractivity contribution in [2.45, 2.75) is 11.5 Å². The van der Waals surface area contributed by atoms with Crippen molar-refractivity contribution in [1.29, 1.82) is 0 Å². The van der Waals surface area contributed by atoms with E-state index in [4.69, 9.17) is 0 Å². The Bertz CT molecular complexity index is 579. The Labute approximate surface area is 125 Å². The minimum absolute atomic E-state index is 0.583. The molecule has 0 spiro atoms. The molecule has 0 atom stereocenters. The fourth-order valence-corrected chi connectivity index (χ4v) is 2.40. The van der Waals surface area contributed by atoms with Crippen molar-refractivity contribution < 1.29 is 13.2 Å². The van der Waals surface area contributed by atoms with Crippen LogP contribution in [0.2, 0.25) is 0 Å². The van der Waals surface area contributed by atoms with E-state index in [1.54, 1.807) is 6.07 Å². The van der Waals surface area contributed by atoms with Gasteiger partial charge in [-0.3, -0.25) is 0 Å². The second kappa shape index (κ2) is 5.63. The molecule has 1 aromatic carbocycles. The lowest BCUT2D eigenvalue weighted by atomic mass is 10.0. The summed E-state index contributed by atoms with van der Waals surface area (Å²) < 4.78 is 38.1. The first kappa shape index (κ1) is 14.5. The van der Waals surface area contributed by atoms with Crippen molar-refractivity contribution in [1.82, 2.24) is 4.98 Å². The third-order valence-electron chi connectivity index (χ3n) is 2.53. The van der Waals surface area contributed by atoms with Gasteiger partial charge in [0.25, 0.3) is 0 Å². The molecule has 0 aliphatic heterocycles. The minimum atomic E-state index is -4.31. The van der Waals surface area contributed by atoms with E-state index in [1.165, 1.54) is 12.1 Å². The molecule has 2 rings (SSSR count). The maximum absolute atomic E-state index is 12.5. The summed E-state index contributed by atoms with van der Waals surface area (Å²) in [6.07, 6.45) is -4.31. The van der Waals surface area contributed by atoms with Crippen LogP contribution in [0.15, 0.2) is 41.0 Å². The number of hydrogen-bond acceptors (Lipinski definition) is 1. The van der Waals surface area contributed by atoms with Crippen LogP contribution < -0.4 is 0 Å². The van der Waals surface area contributed by atoms with Gasteiger partial charge in [-0.05, 0) is 51.3 Å². The molecule has 0 N–H and O–H groups in total. The Morgan fingerprint density at radius 3 is 2.16 bits per heavy atom. The van der Waals surface area contributed by atoms with Crippen LogP contribution in [0.25, 0.3) is 11.1 Å². The number of benzene rings is 1. The number of hydrogen-bond donors (Lipinski definition) is 0. The Morgan fingerprint density at radius 2 is 1.63 bits per heavy atom. The predicted octanol–water partition coefficient (Wildman–Crippen LogP) is 5.42. The van der Waals surface area contributed by atoms with E-state index in [9.17, 15) is 13.2 Å². The first-order valence-electron chi connectivity index (χ1n) is 5.30. The van der Waals surface area contributed by atoms with Crippen molar-refractivity contribution in [3.8, 4) is 11.1 Å². The Hall–Kier alpha value is -0.880. The van der Waals surface area contributed by atoms with E-state index < -0.39 is 11.7 Å². The molecule has 0 saturated carbocycles. The average molecular weight is 395 g/mol. The van der Waals surface area contributed by atoms with Gasteiger partial charge in [0.05, 0.1) is 11.3 Å². The molecule has 0 unspecified atom stereocenters. The number of rotatable bonds is 2. The zero-order valence-corrected chi connectivity index (χ0v) is 12.7. The third kappa shape index (κ3) is 3.57. The first-order chi connectivity index (χ1) is 8.90. The SMILES string of the molecule is FC(F)(F)c1ccc(-c2cc(Br)nc(CBr)c2)cc1. The normalized spacial score (nSPS) is 11.6. The van der Waals surface area contributed by atoms with Crippen LogP contribution in [-0.4, -0.2) is 4.98 Å². The molecule has 1 nitrogen and oxygen atoms in total. The molecule has 19 heavy (non-hydrogen) atoms. The van der Waals surface area contributed by atoms with Crippen molar-refractivity contribution in [3.05, 3.63) is 52.3 Å². The number of nitrogens with zero attached hydrogens (tertiary/aromatic N) is 1. The highest BCUT2D eigenvalue weighted by Crippen LogP contribution is 2.31. The smallest absolute Gasteiger partial charge is 0.245 e. The molecule has 2 aromatic rings. The highest BCUT2D eigenvalue weighted by atomic mass is 79.9. The van der Waals surface area contributed by atoms with Gasteiger partial charge in [0.15, 0.2) is 0 Å². The van der Waals surface area contributed by atoms with E-state index >= 15 is 0 Å². The van der Waals surface area contributed by atoms with E-state index in [2.05, 4.69) is 36.8 Å². The summed E-state index contributed by atoms with van der Waals surface area (Å²) in [7, 11) is 0. The van der Waals surface area contributed by atoms with Gasteiger partial charge < -0.3 is 0 Å². The Kier molecular flexibility index (Phi) is 4.30. The lowest BCUT2D eigenvalue weighted by molar-refractivity contribution is -0.137. The molecule has 0 saturated heterocycles. The van der Waals surface area contributed by atoms with Crippen LogP contribution in [-0.2, 0) is 11.5 Å². The summed E-state index contributed by atoms with van der Waals surface area (Å²) in [6.45, 7) is 0. The summed E-state index contributed by atoms with van der Waals surface area (Å²) in [5.41, 5.74) is 1.71. The highest BCUT2D eigenvalue weighted by Gasteiger charge is 2.29. The largest absolute Gasteiger partial charge is 0.416 e. The van der Waals surface area contributed by atoms with Crippen LogP contribution >= 0.6 is 31.9 Å². The van der Waals surface area contributed by atoms with Gasteiger partial charge in [-0.2, -0.15) is 13.2 Å². The van der Waals surface area contributed by atoms with Crippen LogP contribution in [0.5, 0.6) is 0 Å². The monoisotopic (exact) mass is 393 g/mol. The van der Waals surface area contributed by atoms with Crippen LogP contribution in [0.3, 0.4) is 0 Å². The van der Waals surface area contributed by atoms with Gasteiger partial charge in [0, 0.05) is 5.33 Å². The average Bonchev–Trinajstić information content (AvgIpc) is 2.37. The second-order valence-corrected chi connectivity index (χ2v) is 5.25. The molecule has 100 valence electrons. The number of pyridine rings is 1. The summed E-state index contributed by atoms with van der Waals surface area (Å²) in [5, 5.41) is 0.583. The molecule has 0 bridgehead atoms. The summed E-state index contributed by atoms with van der Waals surface area (Å²) in [5.74, 6) is 0. The van der Waals surface area contributed by atoms with Gasteiger partial charge in [0.2, 0.25) is 0 Å². The molecule has 0 aliphatic carbocycles. The van der Waals surface area contributed by atoms with Gasteiger partial charge in [-0.1, -0.05) is 28.1 Å². The molecule has 6 heteroatoms. The third-order valence-corrected chi connectivity index (χ3v) is 3.51. The predicted molar refractivity (Wildman–Crippen MR) is 75.0 cm³/mol. The van der Waals surface area contributed by atoms with Crippen LogP contribution in [0.4, 0.5) is 13.2 Å². The van der Waals surface area contributed by atoms with E-state index in [0.29, 0.717) is 9.93 Å². The number of aromatic nitrogens is 1. The maximum atomic E-state index is 12.5. The van der Waals surface area contributed by atoms with Crippen LogP contribution in [0.1, 0.15) is 11.3 Å². The summed E-state index contributed by atoms with van der Waals surface area (Å²) >= 11 is 6.59. The molecular weight excluding hydrogens is 387 g/mol. The fourth-order valence-electron chi connectivity index (χ4n) is 1.64. The standard InChI is InChI=1S/C13H8Br2F3N/c14-7-11-5-9(6-12(15)19-11)8-1-3-10(4-2-8)13(16,17)18/h1-6H,7H2. The highest BCUT2D eigenvalue weighted by molar-refractivity contribution is 9.10. The van der Waals surface area contributed by atoms with E-state index in [1.807, 2.05) is 6.07 Å². The maximum Gasteiger partial charge on any atom is 0.416 e. The Balaban J connectivity index is 2.40. The lowest BCUT2D eigenvalue weighted by Crippen LogP contribution is -2.04. The molecule has 0 amide bonds. The summed E-state index contributed by atoms with van der Waals surface area (Å²) in [4.78, 5) is 4.22. The Morgan fingerprint density at radius 1 is 1.00 bits per heavy atom. The van der Waals surface area contributed by atoms with Gasteiger partial charge in [-0.25, -0.2) is 4.98 Å². The fraction of sp³-hybridized carbons (Fsp3) is 0.154. The number of halogens is 5. The molecule has 0 fully saturated rings. The van der Waals surface area contributed by atoms with Crippen molar-refractivity contribution in [2.75, 3.05) is 0 Å². The van der Waals surface area contributed by atoms with Crippen LogP contribution in [0, 0.1) is 0 Å². The zero-order chi connectivity index (χ0) is 14.0. The van der Waals surface area contributed by atoms with Crippen molar-refractivity contribution >= 4 is 31.9 Å². The molecule has 0 radical (unpaired) electrons. The molecule has 1 aromatic heterocycles. The molecule has 1 heterocycles. The number of alkyl halides is 4. The summed E-state index contributed by atoms with van der Waals surface area (Å²) in [6, 6.07) is 8.69. The second-order valence-electron chi connectivity index (χ2n) is 3.88. The van der Waals surface area contributed by atoms with Gasteiger partial charge >= 0.3 is 6.18 Å². The first-order valence-corrected chi connectivity index (χ1v) is 7.21. The zero-order valence-electron chi connectivity index (χ0n) is 9.51. The van der Waals surface area contributed by atoms with E-state index in [0.717, 1.165) is 29.0 Å². The topological polar surface area (TPSA) is 12.9 Å². The van der Waals surface area contributed by atoms with Crippen molar-refractivity contribution in [3.63, 3.8) is 0 Å². The van der Waals surface area contributed by atoms with Crippen molar-refractivity contribution in [2.24, 2.45) is 0 Å². The van der Waals surface area contributed by atoms with E-state index in [-0.39, 0.29) is 0 Å². The van der Waals surface area contributed by atoms with Gasteiger partial charge in [-0.15, -0.1) is 0 Å². The molecule has 0 aliphatic rings. The quantitative estimate of drug-likeness (QED) is 0.489.